The van der Waals surface area contributed by atoms with Crippen LogP contribution in [0.5, 0.6) is 11.5 Å². The Hall–Kier alpha value is -4.20. The Kier molecular flexibility index (Phi) is 5.49. The van der Waals surface area contributed by atoms with Gasteiger partial charge < -0.3 is 9.47 Å². The number of Topliss-reactive ketones (excluding diaryl/α,β-unsaturated/α-hetero) is 1. The average Bonchev–Trinajstić information content (AvgIpc) is 3.24. The van der Waals surface area contributed by atoms with Crippen LogP contribution in [-0.2, 0) is 0 Å². The average molecular weight is 457 g/mol. The Labute approximate surface area is 196 Å². The molecule has 8 nitrogen and oxygen atoms in total. The molecule has 0 amide bonds. The fourth-order valence-electron chi connectivity index (χ4n) is 5.12. The van der Waals surface area contributed by atoms with Crippen molar-refractivity contribution in [3.8, 4) is 11.5 Å². The third-order valence-corrected chi connectivity index (χ3v) is 6.61. The molecule has 0 bridgehead atoms. The van der Waals surface area contributed by atoms with Crippen molar-refractivity contribution in [3.63, 3.8) is 0 Å². The first-order valence-corrected chi connectivity index (χ1v) is 10.9. The molecule has 8 heteroatoms. The summed E-state index contributed by atoms with van der Waals surface area (Å²) in [4.78, 5) is 26.2. The number of carbonyl (C=O) groups is 1. The minimum Gasteiger partial charge on any atom is -0.493 e. The number of ether oxygens (including phenoxy) is 2. The van der Waals surface area contributed by atoms with Gasteiger partial charge >= 0.3 is 0 Å². The zero-order chi connectivity index (χ0) is 23.8. The Bertz CT molecular complexity index is 1280. The molecule has 2 aliphatic heterocycles. The number of methoxy groups -OCH3 is 2. The summed E-state index contributed by atoms with van der Waals surface area (Å²) in [6, 6.07) is 18.9. The molecule has 1 saturated heterocycles. The first-order valence-electron chi connectivity index (χ1n) is 10.9. The molecular formula is C26H23N3O5. The number of carbonyl (C=O) groups excluding carboxylic acids is 1. The van der Waals surface area contributed by atoms with E-state index in [0.29, 0.717) is 22.6 Å². The third kappa shape index (κ3) is 3.39. The first kappa shape index (κ1) is 21.6. The summed E-state index contributed by atoms with van der Waals surface area (Å²) in [5.74, 6) is -0.0298. The second-order valence-corrected chi connectivity index (χ2v) is 8.29. The lowest BCUT2D eigenvalue weighted by atomic mass is 9.82. The number of benzene rings is 3. The van der Waals surface area contributed by atoms with E-state index in [1.165, 1.54) is 14.2 Å². The normalized spacial score (nSPS) is 22.6. The van der Waals surface area contributed by atoms with Gasteiger partial charge in [0.15, 0.2) is 17.3 Å². The lowest BCUT2D eigenvalue weighted by Gasteiger charge is -2.30. The van der Waals surface area contributed by atoms with Gasteiger partial charge in [0.2, 0.25) is 6.04 Å². The van der Waals surface area contributed by atoms with Crippen molar-refractivity contribution in [1.82, 2.24) is 5.01 Å². The van der Waals surface area contributed by atoms with Gasteiger partial charge in [-0.15, -0.1) is 0 Å². The van der Waals surface area contributed by atoms with Crippen LogP contribution in [0.1, 0.15) is 39.0 Å². The van der Waals surface area contributed by atoms with Gasteiger partial charge in [0.1, 0.15) is 12.1 Å². The van der Waals surface area contributed by atoms with Gasteiger partial charge in [-0.3, -0.25) is 19.9 Å². The van der Waals surface area contributed by atoms with Crippen molar-refractivity contribution < 1.29 is 19.2 Å². The summed E-state index contributed by atoms with van der Waals surface area (Å²) >= 11 is 0. The summed E-state index contributed by atoms with van der Waals surface area (Å²) in [6.45, 7) is 0. The molecule has 0 radical (unpaired) electrons. The predicted octanol–water partition coefficient (Wildman–Crippen LogP) is 4.09. The zero-order valence-electron chi connectivity index (χ0n) is 18.7. The number of fused-ring (bicyclic) bond motifs is 3. The molecule has 34 heavy (non-hydrogen) atoms. The molecule has 2 aliphatic rings. The highest BCUT2D eigenvalue weighted by Crippen LogP contribution is 2.50. The van der Waals surface area contributed by atoms with E-state index in [2.05, 4.69) is 5.10 Å². The lowest BCUT2D eigenvalue weighted by Crippen LogP contribution is -2.38. The second-order valence-electron chi connectivity index (χ2n) is 8.29. The minimum atomic E-state index is -1.10. The van der Waals surface area contributed by atoms with E-state index >= 15 is 0 Å². The molecule has 0 aromatic heterocycles. The summed E-state index contributed by atoms with van der Waals surface area (Å²) in [5, 5.41) is 18.8. The number of ketones is 1. The van der Waals surface area contributed by atoms with E-state index in [9.17, 15) is 14.9 Å². The summed E-state index contributed by atoms with van der Waals surface area (Å²) in [5.41, 5.74) is 2.70. The maximum Gasteiger partial charge on any atom is 0.248 e. The van der Waals surface area contributed by atoms with Crippen molar-refractivity contribution in [2.75, 3.05) is 14.2 Å². The number of hydrazone groups is 1. The topological polar surface area (TPSA) is 94.3 Å². The molecule has 3 aromatic rings. The summed E-state index contributed by atoms with van der Waals surface area (Å²) < 4.78 is 10.8. The molecule has 4 atom stereocenters. The summed E-state index contributed by atoms with van der Waals surface area (Å²) in [7, 11) is 3.04. The van der Waals surface area contributed by atoms with Gasteiger partial charge in [-0.1, -0.05) is 60.7 Å². The Morgan fingerprint density at radius 1 is 0.971 bits per heavy atom. The molecule has 1 fully saturated rings. The number of nitro groups is 1. The Morgan fingerprint density at radius 3 is 2.38 bits per heavy atom. The van der Waals surface area contributed by atoms with E-state index in [4.69, 9.17) is 9.47 Å². The van der Waals surface area contributed by atoms with Crippen LogP contribution >= 0.6 is 0 Å². The van der Waals surface area contributed by atoms with E-state index in [1.807, 2.05) is 30.3 Å². The number of hydrogen-bond donors (Lipinski definition) is 0. The second kappa shape index (κ2) is 8.62. The zero-order valence-corrected chi connectivity index (χ0v) is 18.7. The van der Waals surface area contributed by atoms with Crippen LogP contribution in [-0.4, -0.2) is 48.2 Å². The van der Waals surface area contributed by atoms with Gasteiger partial charge in [0.05, 0.1) is 26.4 Å². The molecule has 5 rings (SSSR count). The molecule has 0 saturated carbocycles. The van der Waals surface area contributed by atoms with Crippen molar-refractivity contribution >= 4 is 12.0 Å². The van der Waals surface area contributed by atoms with E-state index in [-0.39, 0.29) is 10.7 Å². The molecule has 172 valence electrons. The minimum absolute atomic E-state index is 0.216. The molecule has 0 spiro atoms. The van der Waals surface area contributed by atoms with Crippen LogP contribution in [0.4, 0.5) is 0 Å². The first-order chi connectivity index (χ1) is 16.5. The molecule has 0 aliphatic carbocycles. The van der Waals surface area contributed by atoms with Crippen molar-refractivity contribution in [3.05, 3.63) is 105 Å². The monoisotopic (exact) mass is 457 g/mol. The highest BCUT2D eigenvalue weighted by Gasteiger charge is 2.60. The van der Waals surface area contributed by atoms with Crippen LogP contribution in [0.25, 0.3) is 0 Å². The van der Waals surface area contributed by atoms with Gasteiger partial charge in [-0.05, 0) is 23.3 Å². The van der Waals surface area contributed by atoms with Crippen molar-refractivity contribution in [2.24, 2.45) is 5.10 Å². The number of hydrogen-bond acceptors (Lipinski definition) is 7. The van der Waals surface area contributed by atoms with Crippen LogP contribution in [0, 0.1) is 10.1 Å². The molecule has 0 unspecified atom stereocenters. The predicted molar refractivity (Wildman–Crippen MR) is 126 cm³/mol. The fraction of sp³-hybridized carbons (Fsp3) is 0.231. The standard InChI is InChI=1S/C26H23N3O5/c1-33-20-13-12-17(14-21(20)34-2)22-24(29(31)32)23-19-11-7-6-10-18(19)15-27-28(23)25(22)26(30)16-8-4-3-5-9-16/h3-15,22-25H,1-2H3/t22-,23+,24+,25+/m0/s1. The smallest absolute Gasteiger partial charge is 0.248 e. The van der Waals surface area contributed by atoms with Gasteiger partial charge in [0, 0.05) is 16.1 Å². The number of rotatable bonds is 6. The molecule has 0 N–H and O–H groups in total. The molecule has 2 heterocycles. The molecule has 3 aromatic carbocycles. The van der Waals surface area contributed by atoms with E-state index in [0.717, 1.165) is 11.1 Å². The highest BCUT2D eigenvalue weighted by atomic mass is 16.6. The van der Waals surface area contributed by atoms with Gasteiger partial charge in [-0.2, -0.15) is 5.10 Å². The third-order valence-electron chi connectivity index (χ3n) is 6.61. The van der Waals surface area contributed by atoms with Crippen LogP contribution in [0.3, 0.4) is 0 Å². The van der Waals surface area contributed by atoms with Gasteiger partial charge in [-0.25, -0.2) is 0 Å². The van der Waals surface area contributed by atoms with Crippen LogP contribution in [0.2, 0.25) is 0 Å². The van der Waals surface area contributed by atoms with Crippen molar-refractivity contribution in [2.45, 2.75) is 24.0 Å². The Balaban J connectivity index is 1.72. The maximum atomic E-state index is 13.8. The summed E-state index contributed by atoms with van der Waals surface area (Å²) in [6.07, 6.45) is 1.67. The quantitative estimate of drug-likeness (QED) is 0.314. The van der Waals surface area contributed by atoms with Crippen LogP contribution < -0.4 is 9.47 Å². The lowest BCUT2D eigenvalue weighted by molar-refractivity contribution is -0.529. The fourth-order valence-corrected chi connectivity index (χ4v) is 5.12. The van der Waals surface area contributed by atoms with Crippen molar-refractivity contribution in [1.29, 1.82) is 0 Å². The van der Waals surface area contributed by atoms with Gasteiger partial charge in [0.25, 0.3) is 0 Å². The Morgan fingerprint density at radius 2 is 1.68 bits per heavy atom. The van der Waals surface area contributed by atoms with Crippen LogP contribution in [0.15, 0.2) is 77.9 Å². The largest absolute Gasteiger partial charge is 0.493 e. The maximum absolute atomic E-state index is 13.8. The SMILES string of the molecule is COc1ccc([C@H]2[C@@H]([N+](=O)[O-])[C@H]3c4ccccc4C=NN3[C@H]2C(=O)c2ccccc2)cc1OC. The highest BCUT2D eigenvalue weighted by molar-refractivity contribution is 6.01. The van der Waals surface area contributed by atoms with E-state index in [1.54, 1.807) is 53.7 Å². The molecular weight excluding hydrogens is 434 g/mol. The van der Waals surface area contributed by atoms with E-state index < -0.39 is 24.0 Å². The number of nitrogens with zero attached hydrogens (tertiary/aromatic N) is 3.